The van der Waals surface area contributed by atoms with Gasteiger partial charge in [0.1, 0.15) is 11.6 Å². The molecule has 1 aliphatic carbocycles. The number of benzene rings is 1. The number of nitrogens with zero attached hydrogens (tertiary/aromatic N) is 5. The van der Waals surface area contributed by atoms with Crippen LogP contribution in [0.2, 0.25) is 5.02 Å². The summed E-state index contributed by atoms with van der Waals surface area (Å²) in [4.78, 5) is 39.7. The summed E-state index contributed by atoms with van der Waals surface area (Å²) in [6.45, 7) is 7.90. The fourth-order valence-corrected chi connectivity index (χ4v) is 5.88. The molecule has 3 aromatic rings. The zero-order valence-electron chi connectivity index (χ0n) is 23.3. The van der Waals surface area contributed by atoms with Gasteiger partial charge in [0.05, 0.1) is 18.1 Å². The molecule has 1 N–H and O–H groups in total. The molecular weight excluding hydrogens is 528 g/mol. The molecule has 1 fully saturated rings. The molecule has 0 radical (unpaired) electrons. The minimum Gasteiger partial charge on any atom is -0.444 e. The van der Waals surface area contributed by atoms with Crippen LogP contribution in [0.25, 0.3) is 0 Å². The Bertz CT molecular complexity index is 1340. The molecule has 40 heavy (non-hydrogen) atoms. The fourth-order valence-electron chi connectivity index (χ4n) is 5.59. The van der Waals surface area contributed by atoms with Crippen molar-refractivity contribution in [3.05, 3.63) is 82.7 Å². The van der Waals surface area contributed by atoms with E-state index in [-0.39, 0.29) is 18.5 Å². The fraction of sp³-hybridized carbons (Fsp3) is 0.467. The van der Waals surface area contributed by atoms with E-state index in [4.69, 9.17) is 21.3 Å². The molecule has 3 heterocycles. The summed E-state index contributed by atoms with van der Waals surface area (Å²) >= 11 is 6.88. The zero-order chi connectivity index (χ0) is 28.3. The van der Waals surface area contributed by atoms with Crippen LogP contribution in [0.3, 0.4) is 0 Å². The second kappa shape index (κ2) is 12.0. The molecule has 0 saturated carbocycles. The number of imidazole rings is 1. The summed E-state index contributed by atoms with van der Waals surface area (Å²) in [6, 6.07) is 9.13. The lowest BCUT2D eigenvalue weighted by atomic mass is 9.94. The lowest BCUT2D eigenvalue weighted by molar-refractivity contribution is -0.129. The number of hydrogen-bond acceptors (Lipinski definition) is 6. The van der Waals surface area contributed by atoms with Gasteiger partial charge < -0.3 is 19.5 Å². The molecule has 1 aromatic carbocycles. The van der Waals surface area contributed by atoms with Crippen molar-refractivity contribution < 1.29 is 14.3 Å². The van der Waals surface area contributed by atoms with Gasteiger partial charge in [-0.2, -0.15) is 0 Å². The summed E-state index contributed by atoms with van der Waals surface area (Å²) in [5.74, 6) is -0.130. The molecule has 212 valence electrons. The Hall–Kier alpha value is -3.43. The first-order chi connectivity index (χ1) is 19.2. The quantitative estimate of drug-likeness (QED) is 0.450. The van der Waals surface area contributed by atoms with Crippen LogP contribution in [-0.4, -0.2) is 74.2 Å². The van der Waals surface area contributed by atoms with Gasteiger partial charge in [0, 0.05) is 56.3 Å². The predicted octanol–water partition coefficient (Wildman–Crippen LogP) is 4.25. The van der Waals surface area contributed by atoms with Crippen LogP contribution in [0.4, 0.5) is 4.79 Å². The number of amides is 2. The average Bonchev–Trinajstić information content (AvgIpc) is 3.38. The monoisotopic (exact) mass is 564 g/mol. The summed E-state index contributed by atoms with van der Waals surface area (Å²) in [5, 5.41) is 3.79. The van der Waals surface area contributed by atoms with Crippen LogP contribution in [0.15, 0.2) is 55.2 Å². The van der Waals surface area contributed by atoms with Crippen molar-refractivity contribution >= 4 is 23.6 Å². The highest BCUT2D eigenvalue weighted by Gasteiger charge is 2.42. The number of piperazine rings is 1. The standard InChI is InChI=1S/C30H37ClN6O3/c1-30(2,3)40-29(39)36-17-18-37(24(19-36)28(38)34-13-6-15-35-16-14-32-20-35)27-25-21(7-4-9-23(25)31)10-11-22-8-5-12-33-26(22)27/h4-5,7-9,12,14,16,20,24,27H,6,10-11,13,15,17-19H2,1-3H3,(H,34,38)/t24-,27+/m1/s1. The van der Waals surface area contributed by atoms with E-state index >= 15 is 0 Å². The van der Waals surface area contributed by atoms with Crippen LogP contribution in [0.5, 0.6) is 0 Å². The van der Waals surface area contributed by atoms with Gasteiger partial charge in [-0.15, -0.1) is 0 Å². The van der Waals surface area contributed by atoms with E-state index in [0.717, 1.165) is 48.2 Å². The van der Waals surface area contributed by atoms with E-state index in [1.54, 1.807) is 23.6 Å². The molecule has 0 unspecified atom stereocenters. The lowest BCUT2D eigenvalue weighted by Gasteiger charge is -2.44. The molecule has 5 rings (SSSR count). The molecule has 10 heteroatoms. The number of pyridine rings is 1. The van der Waals surface area contributed by atoms with Crippen LogP contribution < -0.4 is 5.32 Å². The minimum absolute atomic E-state index is 0.130. The Balaban J connectivity index is 1.45. The average molecular weight is 565 g/mol. The third-order valence-corrected chi connectivity index (χ3v) is 7.75. The van der Waals surface area contributed by atoms with Crippen molar-refractivity contribution in [1.29, 1.82) is 0 Å². The van der Waals surface area contributed by atoms with E-state index in [1.165, 1.54) is 0 Å². The van der Waals surface area contributed by atoms with Crippen molar-refractivity contribution in [2.24, 2.45) is 0 Å². The van der Waals surface area contributed by atoms with Crippen molar-refractivity contribution in [2.45, 2.75) is 64.3 Å². The van der Waals surface area contributed by atoms with Gasteiger partial charge in [-0.05, 0) is 68.9 Å². The lowest BCUT2D eigenvalue weighted by Crippen LogP contribution is -2.61. The number of rotatable bonds is 6. The summed E-state index contributed by atoms with van der Waals surface area (Å²) in [6.07, 6.45) is 9.24. The number of fused-ring (bicyclic) bond motifs is 2. The van der Waals surface area contributed by atoms with Crippen molar-refractivity contribution in [1.82, 2.24) is 29.7 Å². The Morgan fingerprint density at radius 2 is 1.90 bits per heavy atom. The topological polar surface area (TPSA) is 92.6 Å². The molecule has 1 saturated heterocycles. The van der Waals surface area contributed by atoms with E-state index in [1.807, 2.05) is 49.7 Å². The van der Waals surface area contributed by atoms with Gasteiger partial charge in [0.25, 0.3) is 0 Å². The van der Waals surface area contributed by atoms with Crippen molar-refractivity contribution in [3.63, 3.8) is 0 Å². The molecule has 1 aliphatic heterocycles. The Labute approximate surface area is 240 Å². The first kappa shape index (κ1) is 28.1. The van der Waals surface area contributed by atoms with E-state index < -0.39 is 17.7 Å². The number of carbonyl (C=O) groups is 2. The van der Waals surface area contributed by atoms with Crippen LogP contribution >= 0.6 is 11.6 Å². The third kappa shape index (κ3) is 6.31. The van der Waals surface area contributed by atoms with Crippen molar-refractivity contribution in [2.75, 3.05) is 26.2 Å². The smallest absolute Gasteiger partial charge is 0.410 e. The summed E-state index contributed by atoms with van der Waals surface area (Å²) in [7, 11) is 0. The van der Waals surface area contributed by atoms with Gasteiger partial charge >= 0.3 is 6.09 Å². The molecule has 2 atom stereocenters. The summed E-state index contributed by atoms with van der Waals surface area (Å²) < 4.78 is 7.65. The maximum absolute atomic E-state index is 13.9. The van der Waals surface area contributed by atoms with Crippen LogP contribution in [0, 0.1) is 0 Å². The van der Waals surface area contributed by atoms with Crippen molar-refractivity contribution in [3.8, 4) is 0 Å². The van der Waals surface area contributed by atoms with Gasteiger partial charge in [-0.3, -0.25) is 14.7 Å². The number of nitrogens with one attached hydrogen (secondary N) is 1. The Morgan fingerprint density at radius 3 is 2.67 bits per heavy atom. The number of carbonyl (C=O) groups excluding carboxylic acids is 2. The molecular formula is C30H37ClN6O3. The Kier molecular flexibility index (Phi) is 8.42. The highest BCUT2D eigenvalue weighted by molar-refractivity contribution is 6.31. The zero-order valence-corrected chi connectivity index (χ0v) is 24.1. The first-order valence-electron chi connectivity index (χ1n) is 13.9. The van der Waals surface area contributed by atoms with Gasteiger partial charge in [0.2, 0.25) is 5.91 Å². The number of hydrogen-bond donors (Lipinski definition) is 1. The van der Waals surface area contributed by atoms with Crippen LogP contribution in [-0.2, 0) is 28.9 Å². The number of halogens is 1. The van der Waals surface area contributed by atoms with E-state index in [9.17, 15) is 9.59 Å². The highest BCUT2D eigenvalue weighted by atomic mass is 35.5. The van der Waals surface area contributed by atoms with Gasteiger partial charge in [0.15, 0.2) is 0 Å². The van der Waals surface area contributed by atoms with Gasteiger partial charge in [-0.1, -0.05) is 29.8 Å². The second-order valence-corrected chi connectivity index (χ2v) is 11.8. The Morgan fingerprint density at radius 1 is 1.10 bits per heavy atom. The SMILES string of the molecule is CC(C)(C)OC(=O)N1CCN([C@@H]2c3ncccc3CCc3cccc(Cl)c32)[C@@H](C(=O)NCCCn2ccnc2)C1. The maximum atomic E-state index is 13.9. The number of aryl methyl sites for hydroxylation is 3. The molecule has 0 spiro atoms. The highest BCUT2D eigenvalue weighted by Crippen LogP contribution is 2.41. The molecule has 2 amide bonds. The van der Waals surface area contributed by atoms with Crippen LogP contribution in [0.1, 0.15) is 55.6 Å². The second-order valence-electron chi connectivity index (χ2n) is 11.4. The third-order valence-electron chi connectivity index (χ3n) is 7.42. The van der Waals surface area contributed by atoms with E-state index in [2.05, 4.69) is 27.3 Å². The minimum atomic E-state index is -0.629. The normalized spacial score (nSPS) is 19.4. The molecule has 0 bridgehead atoms. The van der Waals surface area contributed by atoms with E-state index in [0.29, 0.717) is 24.7 Å². The number of ether oxygens (including phenoxy) is 1. The largest absolute Gasteiger partial charge is 0.444 e. The molecule has 2 aromatic heterocycles. The summed E-state index contributed by atoms with van der Waals surface area (Å²) in [5.41, 5.74) is 3.58. The maximum Gasteiger partial charge on any atom is 0.410 e. The van der Waals surface area contributed by atoms with Gasteiger partial charge in [-0.25, -0.2) is 9.78 Å². The number of aromatic nitrogens is 3. The predicted molar refractivity (Wildman–Crippen MR) is 153 cm³/mol. The first-order valence-corrected chi connectivity index (χ1v) is 14.3. The molecule has 2 aliphatic rings. The molecule has 9 nitrogen and oxygen atoms in total.